The zero-order valence-corrected chi connectivity index (χ0v) is 17.3. The molecule has 0 saturated carbocycles. The smallest absolute Gasteiger partial charge is 0.243 e. The molecule has 0 bridgehead atoms. The molecule has 0 radical (unpaired) electrons. The minimum absolute atomic E-state index is 0.112. The molecule has 0 unspecified atom stereocenters. The first-order valence-electron chi connectivity index (χ1n) is 9.55. The second-order valence-corrected chi connectivity index (χ2v) is 9.34. The number of nitrogens with zero attached hydrogens (tertiary/aromatic N) is 1. The Balaban J connectivity index is 1.61. The van der Waals surface area contributed by atoms with Gasteiger partial charge in [-0.25, -0.2) is 8.42 Å². The van der Waals surface area contributed by atoms with E-state index in [2.05, 4.69) is 5.32 Å². The largest absolute Gasteiger partial charge is 0.356 e. The maximum Gasteiger partial charge on any atom is 0.243 e. The number of hydrogen-bond acceptors (Lipinski definition) is 3. The summed E-state index contributed by atoms with van der Waals surface area (Å²) in [6.07, 6.45) is 3.36. The fourth-order valence-corrected chi connectivity index (χ4v) is 5.33. The van der Waals surface area contributed by atoms with Gasteiger partial charge in [-0.3, -0.25) is 4.79 Å². The molecule has 0 spiro atoms. The van der Waals surface area contributed by atoms with Crippen molar-refractivity contribution < 1.29 is 13.2 Å². The van der Waals surface area contributed by atoms with Gasteiger partial charge in [0, 0.05) is 30.6 Å². The van der Waals surface area contributed by atoms with E-state index in [4.69, 9.17) is 11.6 Å². The standard InChI is InChI=1S/C21H25ClN2O3S/c22-18-9-11-20(12-10-18)28(26,27)24-15-5-4-8-19(24)16-21(25)23-14-13-17-6-2-1-3-7-17/h1-3,6-7,9-12,19H,4-5,8,13-16H2,(H,23,25)/t19-/m0/s1. The molecule has 2 aromatic carbocycles. The molecule has 1 atom stereocenters. The lowest BCUT2D eigenvalue weighted by Gasteiger charge is -2.34. The maximum atomic E-state index is 13.0. The average Bonchev–Trinajstić information content (AvgIpc) is 2.69. The zero-order chi connectivity index (χ0) is 20.0. The lowest BCUT2D eigenvalue weighted by molar-refractivity contribution is -0.122. The van der Waals surface area contributed by atoms with Crippen LogP contribution in [0.5, 0.6) is 0 Å². The molecule has 28 heavy (non-hydrogen) atoms. The van der Waals surface area contributed by atoms with Crippen LogP contribution in [0.4, 0.5) is 0 Å². The summed E-state index contributed by atoms with van der Waals surface area (Å²) in [6, 6.07) is 15.8. The number of benzene rings is 2. The first kappa shape index (κ1) is 20.8. The van der Waals surface area contributed by atoms with Crippen LogP contribution < -0.4 is 5.32 Å². The molecule has 1 saturated heterocycles. The molecular formula is C21H25ClN2O3S. The van der Waals surface area contributed by atoms with Gasteiger partial charge in [-0.1, -0.05) is 48.4 Å². The van der Waals surface area contributed by atoms with Crippen LogP contribution in [-0.2, 0) is 21.2 Å². The van der Waals surface area contributed by atoms with E-state index in [9.17, 15) is 13.2 Å². The molecule has 3 rings (SSSR count). The van der Waals surface area contributed by atoms with Crippen molar-refractivity contribution in [3.8, 4) is 0 Å². The monoisotopic (exact) mass is 420 g/mol. The fraction of sp³-hybridized carbons (Fsp3) is 0.381. The van der Waals surface area contributed by atoms with Gasteiger partial charge in [0.05, 0.1) is 4.90 Å². The van der Waals surface area contributed by atoms with E-state index in [0.717, 1.165) is 24.8 Å². The van der Waals surface area contributed by atoms with Crippen LogP contribution in [-0.4, -0.2) is 37.8 Å². The minimum atomic E-state index is -3.64. The summed E-state index contributed by atoms with van der Waals surface area (Å²) in [6.45, 7) is 0.979. The van der Waals surface area contributed by atoms with Crippen LogP contribution in [0.1, 0.15) is 31.2 Å². The molecule has 7 heteroatoms. The molecule has 1 amide bonds. The molecule has 0 aromatic heterocycles. The third kappa shape index (κ3) is 5.34. The normalized spacial score (nSPS) is 18.0. The molecular weight excluding hydrogens is 396 g/mol. The summed E-state index contributed by atoms with van der Waals surface area (Å²) in [5.74, 6) is -0.112. The van der Waals surface area contributed by atoms with Crippen LogP contribution >= 0.6 is 11.6 Å². The van der Waals surface area contributed by atoms with Gasteiger partial charge >= 0.3 is 0 Å². The molecule has 1 aliphatic heterocycles. The summed E-state index contributed by atoms with van der Waals surface area (Å²) in [4.78, 5) is 12.6. The van der Waals surface area contributed by atoms with Crippen molar-refractivity contribution in [2.24, 2.45) is 0 Å². The Morgan fingerprint density at radius 2 is 1.79 bits per heavy atom. The minimum Gasteiger partial charge on any atom is -0.356 e. The van der Waals surface area contributed by atoms with E-state index in [1.54, 1.807) is 12.1 Å². The van der Waals surface area contributed by atoms with Crippen molar-refractivity contribution in [2.45, 2.75) is 43.0 Å². The number of halogens is 1. The second-order valence-electron chi connectivity index (χ2n) is 7.01. The van der Waals surface area contributed by atoms with Crippen LogP contribution in [0.2, 0.25) is 5.02 Å². The van der Waals surface area contributed by atoms with Gasteiger partial charge in [0.25, 0.3) is 0 Å². The molecule has 1 fully saturated rings. The predicted octanol–water partition coefficient (Wildman–Crippen LogP) is 3.63. The highest BCUT2D eigenvalue weighted by molar-refractivity contribution is 7.89. The zero-order valence-electron chi connectivity index (χ0n) is 15.7. The van der Waals surface area contributed by atoms with E-state index in [1.165, 1.54) is 16.4 Å². The summed E-state index contributed by atoms with van der Waals surface area (Å²) in [5.41, 5.74) is 1.16. The van der Waals surface area contributed by atoms with E-state index >= 15 is 0 Å². The first-order chi connectivity index (χ1) is 13.5. The Labute approximate surface area is 171 Å². The SMILES string of the molecule is O=C(C[C@@H]1CCCCN1S(=O)(=O)c1ccc(Cl)cc1)NCCc1ccccc1. The predicted molar refractivity (Wildman–Crippen MR) is 111 cm³/mol. The van der Waals surface area contributed by atoms with Crippen LogP contribution in [0.25, 0.3) is 0 Å². The number of hydrogen-bond donors (Lipinski definition) is 1. The van der Waals surface area contributed by atoms with Gasteiger partial charge < -0.3 is 5.32 Å². The highest BCUT2D eigenvalue weighted by Crippen LogP contribution is 2.27. The van der Waals surface area contributed by atoms with Gasteiger partial charge in [-0.15, -0.1) is 0 Å². The highest BCUT2D eigenvalue weighted by atomic mass is 35.5. The quantitative estimate of drug-likeness (QED) is 0.743. The Kier molecular flexibility index (Phi) is 7.10. The van der Waals surface area contributed by atoms with Gasteiger partial charge in [-0.05, 0) is 49.1 Å². The van der Waals surface area contributed by atoms with Crippen molar-refractivity contribution in [3.05, 3.63) is 65.2 Å². The average molecular weight is 421 g/mol. The summed E-state index contributed by atoms with van der Waals surface area (Å²) in [7, 11) is -3.64. The topological polar surface area (TPSA) is 66.5 Å². The van der Waals surface area contributed by atoms with Crippen molar-refractivity contribution in [1.29, 1.82) is 0 Å². The Morgan fingerprint density at radius 3 is 2.50 bits per heavy atom. The van der Waals surface area contributed by atoms with E-state index in [1.807, 2.05) is 30.3 Å². The van der Waals surface area contributed by atoms with Crippen molar-refractivity contribution in [2.75, 3.05) is 13.1 Å². The first-order valence-corrected chi connectivity index (χ1v) is 11.4. The maximum absolute atomic E-state index is 13.0. The van der Waals surface area contributed by atoms with Crippen molar-refractivity contribution in [1.82, 2.24) is 9.62 Å². The molecule has 1 N–H and O–H groups in total. The molecule has 5 nitrogen and oxygen atoms in total. The van der Waals surface area contributed by atoms with Crippen LogP contribution in [0, 0.1) is 0 Å². The third-order valence-corrected chi connectivity index (χ3v) is 7.21. The lowest BCUT2D eigenvalue weighted by Crippen LogP contribution is -2.46. The third-order valence-electron chi connectivity index (χ3n) is 4.99. The van der Waals surface area contributed by atoms with E-state index < -0.39 is 10.0 Å². The molecule has 1 aliphatic rings. The van der Waals surface area contributed by atoms with Gasteiger partial charge in [0.1, 0.15) is 0 Å². The van der Waals surface area contributed by atoms with Gasteiger partial charge in [0.2, 0.25) is 15.9 Å². The van der Waals surface area contributed by atoms with Crippen LogP contribution in [0.15, 0.2) is 59.5 Å². The summed E-state index contributed by atoms with van der Waals surface area (Å²) >= 11 is 5.88. The van der Waals surface area contributed by atoms with E-state index in [0.29, 0.717) is 24.5 Å². The highest BCUT2D eigenvalue weighted by Gasteiger charge is 2.34. The Morgan fingerprint density at radius 1 is 1.07 bits per heavy atom. The van der Waals surface area contributed by atoms with Gasteiger partial charge in [0.15, 0.2) is 0 Å². The molecule has 2 aromatic rings. The number of sulfonamides is 1. The number of rotatable bonds is 7. The van der Waals surface area contributed by atoms with Crippen LogP contribution in [0.3, 0.4) is 0 Å². The van der Waals surface area contributed by atoms with E-state index in [-0.39, 0.29) is 23.3 Å². The number of carbonyl (C=O) groups excluding carboxylic acids is 1. The molecule has 150 valence electrons. The number of piperidine rings is 1. The van der Waals surface area contributed by atoms with Crippen molar-refractivity contribution >= 4 is 27.5 Å². The lowest BCUT2D eigenvalue weighted by atomic mass is 10.0. The van der Waals surface area contributed by atoms with Gasteiger partial charge in [-0.2, -0.15) is 4.31 Å². The Hall–Kier alpha value is -1.89. The molecule has 1 heterocycles. The number of nitrogens with one attached hydrogen (secondary N) is 1. The number of amides is 1. The van der Waals surface area contributed by atoms with Crippen molar-refractivity contribution in [3.63, 3.8) is 0 Å². The molecule has 0 aliphatic carbocycles. The second kappa shape index (κ2) is 9.54. The number of carbonyl (C=O) groups is 1. The Bertz CT molecular complexity index is 886. The summed E-state index contributed by atoms with van der Waals surface area (Å²) in [5, 5.41) is 3.41. The summed E-state index contributed by atoms with van der Waals surface area (Å²) < 4.78 is 27.6. The fourth-order valence-electron chi connectivity index (χ4n) is 3.51.